The summed E-state index contributed by atoms with van der Waals surface area (Å²) in [7, 11) is -1.70. The van der Waals surface area contributed by atoms with Gasteiger partial charge in [0.2, 0.25) is 0 Å². The van der Waals surface area contributed by atoms with Crippen molar-refractivity contribution in [2.75, 3.05) is 42.9 Å². The number of aromatic carboxylic acids is 1. The largest absolute Gasteiger partial charge is 0.478 e. The minimum Gasteiger partial charge on any atom is -0.478 e. The molecular formula is C21H29NO2S2. The van der Waals surface area contributed by atoms with Crippen molar-refractivity contribution in [1.82, 2.24) is 0 Å². The summed E-state index contributed by atoms with van der Waals surface area (Å²) in [5.74, 6) is -0.922. The quantitative estimate of drug-likeness (QED) is 0.676. The normalized spacial score (nSPS) is 13.2. The van der Waals surface area contributed by atoms with Crippen LogP contribution in [-0.2, 0) is 0 Å². The molecule has 0 aliphatic heterocycles. The van der Waals surface area contributed by atoms with Gasteiger partial charge in [0, 0.05) is 11.4 Å². The maximum Gasteiger partial charge on any atom is 0.335 e. The number of anilines is 1. The number of rotatable bonds is 6. The third-order valence-corrected chi connectivity index (χ3v) is 7.37. The highest BCUT2D eigenvalue weighted by Crippen LogP contribution is 2.52. The molecule has 0 aliphatic carbocycles. The Balaban J connectivity index is 2.37. The number of nitrogens with one attached hydrogen (secondary N) is 1. The number of carboxylic acid groups (broad SMARTS) is 1. The lowest BCUT2D eigenvalue weighted by atomic mass is 10.1. The van der Waals surface area contributed by atoms with Gasteiger partial charge in [-0.15, -0.1) is 0 Å². The van der Waals surface area contributed by atoms with Gasteiger partial charge in [0.1, 0.15) is 0 Å². The first kappa shape index (κ1) is 20.5. The van der Waals surface area contributed by atoms with Gasteiger partial charge in [-0.3, -0.25) is 0 Å². The van der Waals surface area contributed by atoms with Crippen LogP contribution in [0.25, 0.3) is 5.70 Å². The Morgan fingerprint density at radius 1 is 0.846 bits per heavy atom. The Morgan fingerprint density at radius 3 is 1.69 bits per heavy atom. The van der Waals surface area contributed by atoms with Crippen molar-refractivity contribution in [3.05, 3.63) is 60.2 Å². The summed E-state index contributed by atoms with van der Waals surface area (Å²) < 4.78 is 0. The van der Waals surface area contributed by atoms with Crippen molar-refractivity contribution < 1.29 is 9.90 Å². The molecule has 2 N–H and O–H groups in total. The lowest BCUT2D eigenvalue weighted by molar-refractivity contribution is 0.0697. The van der Waals surface area contributed by atoms with E-state index in [1.165, 1.54) is 9.79 Å². The third kappa shape index (κ3) is 5.08. The second-order valence-electron chi connectivity index (χ2n) is 7.85. The van der Waals surface area contributed by atoms with Crippen LogP contribution in [0.1, 0.15) is 15.9 Å². The van der Waals surface area contributed by atoms with Gasteiger partial charge in [0.25, 0.3) is 0 Å². The van der Waals surface area contributed by atoms with Gasteiger partial charge in [-0.1, -0.05) is 6.58 Å². The van der Waals surface area contributed by atoms with Crippen LogP contribution in [0.15, 0.2) is 58.8 Å². The topological polar surface area (TPSA) is 49.3 Å². The molecule has 3 nitrogen and oxygen atoms in total. The van der Waals surface area contributed by atoms with Crippen LogP contribution >= 0.6 is 20.1 Å². The molecule has 0 heterocycles. The molecule has 0 atom stereocenters. The fourth-order valence-corrected chi connectivity index (χ4v) is 4.39. The lowest BCUT2D eigenvalue weighted by Gasteiger charge is -2.32. The molecule has 2 rings (SSSR count). The summed E-state index contributed by atoms with van der Waals surface area (Å²) in [6.45, 7) is 4.22. The van der Waals surface area contributed by atoms with Gasteiger partial charge in [-0.2, -0.15) is 0 Å². The molecule has 0 bridgehead atoms. The van der Waals surface area contributed by atoms with E-state index in [4.69, 9.17) is 5.11 Å². The molecule has 26 heavy (non-hydrogen) atoms. The third-order valence-electron chi connectivity index (χ3n) is 4.07. The summed E-state index contributed by atoms with van der Waals surface area (Å²) in [5.41, 5.74) is 3.02. The maximum atomic E-state index is 11.0. The zero-order chi connectivity index (χ0) is 19.7. The van der Waals surface area contributed by atoms with E-state index in [2.05, 4.69) is 67.6 Å². The van der Waals surface area contributed by atoms with E-state index in [1.807, 2.05) is 0 Å². The van der Waals surface area contributed by atoms with Gasteiger partial charge >= 0.3 is 5.97 Å². The molecule has 142 valence electrons. The molecule has 0 spiro atoms. The predicted octanol–water partition coefficient (Wildman–Crippen LogP) is 5.57. The molecule has 0 fully saturated rings. The van der Waals surface area contributed by atoms with Gasteiger partial charge in [-0.25, -0.2) is 24.9 Å². The fraction of sp³-hybridized carbons (Fsp3) is 0.286. The van der Waals surface area contributed by atoms with Crippen LogP contribution in [0.5, 0.6) is 0 Å². The first-order valence-electron chi connectivity index (χ1n) is 8.19. The Bertz CT molecular complexity index is 796. The Labute approximate surface area is 160 Å². The molecule has 2 aromatic carbocycles. The first-order chi connectivity index (χ1) is 11.9. The molecule has 0 saturated carbocycles. The van der Waals surface area contributed by atoms with Crippen LogP contribution in [0.2, 0.25) is 0 Å². The Kier molecular flexibility index (Phi) is 5.83. The van der Waals surface area contributed by atoms with Crippen molar-refractivity contribution in [3.8, 4) is 0 Å². The highest BCUT2D eigenvalue weighted by molar-refractivity contribution is 8.32. The molecule has 5 heteroatoms. The van der Waals surface area contributed by atoms with Crippen molar-refractivity contribution in [2.45, 2.75) is 9.79 Å². The van der Waals surface area contributed by atoms with Crippen molar-refractivity contribution in [3.63, 3.8) is 0 Å². The molecule has 0 radical (unpaired) electrons. The molecule has 0 aromatic heterocycles. The summed E-state index contributed by atoms with van der Waals surface area (Å²) in [6.07, 6.45) is 13.8. The number of carbonyl (C=O) groups is 1. The van der Waals surface area contributed by atoms with Crippen molar-refractivity contribution in [2.24, 2.45) is 0 Å². The predicted molar refractivity (Wildman–Crippen MR) is 120 cm³/mol. The summed E-state index contributed by atoms with van der Waals surface area (Å²) in [4.78, 5) is 13.7. The number of hydrogen-bond donors (Lipinski definition) is 2. The van der Waals surface area contributed by atoms with E-state index in [-0.39, 0.29) is 5.56 Å². The average Bonchev–Trinajstić information content (AvgIpc) is 2.53. The Morgan fingerprint density at radius 2 is 1.31 bits per heavy atom. The number of carboxylic acids is 1. The van der Waals surface area contributed by atoms with Crippen molar-refractivity contribution in [1.29, 1.82) is 0 Å². The van der Waals surface area contributed by atoms with E-state index >= 15 is 0 Å². The van der Waals surface area contributed by atoms with Crippen LogP contribution in [0, 0.1) is 0 Å². The standard InChI is InChI=1S/C21H29NO2S2/c1-15(22-18-10-8-16(9-11-18)21(23)24)17-12-19(25(2,3)4)14-20(13-17)26(5,6)7/h8-14,22H,1H2,2-7H3,(H,23,24). The molecule has 0 saturated heterocycles. The molecule has 0 amide bonds. The minimum atomic E-state index is -0.922. The first-order valence-corrected chi connectivity index (χ1v) is 13.9. The van der Waals surface area contributed by atoms with Crippen LogP contribution in [0.3, 0.4) is 0 Å². The van der Waals surface area contributed by atoms with E-state index in [1.54, 1.807) is 24.3 Å². The number of benzene rings is 2. The van der Waals surface area contributed by atoms with Gasteiger partial charge in [-0.05, 0) is 95.4 Å². The summed E-state index contributed by atoms with van der Waals surface area (Å²) >= 11 is 0. The van der Waals surface area contributed by atoms with E-state index in [9.17, 15) is 4.79 Å². The SMILES string of the molecule is C=C(Nc1ccc(C(=O)O)cc1)c1cc(S(C)(C)C)cc(S(C)(C)C)c1. The molecule has 0 aliphatic rings. The maximum absolute atomic E-state index is 11.0. The second-order valence-corrected chi connectivity index (χ2v) is 16.1. The monoisotopic (exact) mass is 391 g/mol. The van der Waals surface area contributed by atoms with E-state index in [0.29, 0.717) is 0 Å². The smallest absolute Gasteiger partial charge is 0.335 e. The van der Waals surface area contributed by atoms with Crippen LogP contribution in [-0.4, -0.2) is 48.6 Å². The van der Waals surface area contributed by atoms with E-state index < -0.39 is 26.0 Å². The average molecular weight is 392 g/mol. The van der Waals surface area contributed by atoms with Gasteiger partial charge in [0.15, 0.2) is 0 Å². The minimum absolute atomic E-state index is 0.276. The Hall–Kier alpha value is -1.85. The molecular weight excluding hydrogens is 362 g/mol. The zero-order valence-corrected chi connectivity index (χ0v) is 18.1. The summed E-state index contributed by atoms with van der Waals surface area (Å²) in [6, 6.07) is 13.5. The highest BCUT2D eigenvalue weighted by atomic mass is 32.3. The van der Waals surface area contributed by atoms with Crippen LogP contribution < -0.4 is 5.32 Å². The second kappa shape index (κ2) is 7.41. The highest BCUT2D eigenvalue weighted by Gasteiger charge is 2.16. The number of hydrogen-bond acceptors (Lipinski definition) is 2. The van der Waals surface area contributed by atoms with Gasteiger partial charge in [0.05, 0.1) is 5.56 Å². The lowest BCUT2D eigenvalue weighted by Crippen LogP contribution is -2.03. The van der Waals surface area contributed by atoms with Crippen molar-refractivity contribution >= 4 is 37.4 Å². The van der Waals surface area contributed by atoms with Gasteiger partial charge < -0.3 is 10.4 Å². The zero-order valence-electron chi connectivity index (χ0n) is 16.4. The fourth-order valence-electron chi connectivity index (χ4n) is 2.40. The van der Waals surface area contributed by atoms with E-state index in [0.717, 1.165) is 16.9 Å². The van der Waals surface area contributed by atoms with Crippen LogP contribution in [0.4, 0.5) is 5.69 Å². The molecule has 2 aromatic rings. The molecule has 0 unspecified atom stereocenters. The summed E-state index contributed by atoms with van der Waals surface area (Å²) in [5, 5.41) is 12.3.